The molecule has 0 N–H and O–H groups in total. The Bertz CT molecular complexity index is 3850. The van der Waals surface area contributed by atoms with Gasteiger partial charge in [0.1, 0.15) is 61.9 Å². The van der Waals surface area contributed by atoms with Gasteiger partial charge in [-0.3, -0.25) is 9.59 Å². The first kappa shape index (κ1) is 121. The zero-order valence-corrected chi connectivity index (χ0v) is 80.4. The van der Waals surface area contributed by atoms with E-state index >= 15 is 0 Å². The van der Waals surface area contributed by atoms with Gasteiger partial charge >= 0.3 is 60.6 Å². The molecular weight excluding hydrogens is 1610 g/mol. The second-order valence-electron chi connectivity index (χ2n) is 34.1. The van der Waals surface area contributed by atoms with Gasteiger partial charge in [0.15, 0.2) is 12.2 Å². The Morgan fingerprint density at radius 1 is 0.369 bits per heavy atom. The SMILES string of the molecule is CC(=NN(C)C(=O)OC(C)(C)C)c1ccccc1.CC(=O)C(C)=NN(C)C(=O)OC(C)(C)C.CC(Cl)=NN(C)C(=O)OC(C)(C)C.CN(N=CC(C)(C)C)C(=O)OC(C)(C)C.CN(N=COC=O)C(=O)OC(C)(C)C.COC(=O)C=NN(C)C(=O)OC(C)(C)C.COC=NN(C)C(=O)OC(C)(C)C.[C-]#[N+]C(=NN(C)C(=O)OC(C)(C)C)c1ccccc1. The highest BCUT2D eigenvalue weighted by Crippen LogP contribution is 2.18. The van der Waals surface area contributed by atoms with Crippen LogP contribution in [-0.2, 0) is 66.5 Å². The zero-order valence-electron chi connectivity index (χ0n) is 79.6. The lowest BCUT2D eigenvalue weighted by Gasteiger charge is -2.22. The Kier molecular flexibility index (Phi) is 56.9. The lowest BCUT2D eigenvalue weighted by atomic mass is 9.99. The van der Waals surface area contributed by atoms with Crippen LogP contribution >= 0.6 is 11.6 Å². The molecule has 2 aromatic carbocycles. The van der Waals surface area contributed by atoms with Gasteiger partial charge < -0.3 is 57.0 Å². The number of rotatable bonds is 15. The minimum Gasteiger partial charge on any atom is -0.485 e. The molecule has 0 saturated carbocycles. The van der Waals surface area contributed by atoms with Crippen molar-refractivity contribution in [1.82, 2.24) is 40.1 Å². The molecule has 0 aliphatic heterocycles. The minimum absolute atomic E-state index is 0.0454. The number of esters is 1. The van der Waals surface area contributed by atoms with Crippen molar-refractivity contribution in [3.8, 4) is 0 Å². The van der Waals surface area contributed by atoms with E-state index in [4.69, 9.17) is 56.1 Å². The van der Waals surface area contributed by atoms with Gasteiger partial charge in [0.25, 0.3) is 6.47 Å². The van der Waals surface area contributed by atoms with Gasteiger partial charge in [-0.2, -0.15) is 35.5 Å². The third-order valence-electron chi connectivity index (χ3n) is 11.1. The third kappa shape index (κ3) is 75.6. The molecule has 0 spiro atoms. The van der Waals surface area contributed by atoms with Crippen LogP contribution in [0.5, 0.6) is 0 Å². The summed E-state index contributed by atoms with van der Waals surface area (Å²) in [5.74, 6) is -0.662. The smallest absolute Gasteiger partial charge is 0.447 e. The van der Waals surface area contributed by atoms with Crippen LogP contribution in [0.2, 0.25) is 0 Å². The number of hydrazone groups is 8. The van der Waals surface area contributed by atoms with Crippen LogP contribution in [0, 0.1) is 12.0 Å². The molecule has 0 aliphatic carbocycles. The Morgan fingerprint density at radius 3 is 0.910 bits per heavy atom. The molecule has 0 unspecified atom stereocenters. The van der Waals surface area contributed by atoms with Gasteiger partial charge in [-0.1, -0.05) is 99.6 Å². The number of amides is 8. The van der Waals surface area contributed by atoms with Crippen molar-refractivity contribution in [1.29, 1.82) is 0 Å². The van der Waals surface area contributed by atoms with Gasteiger partial charge in [0.05, 0.1) is 27.0 Å². The fourth-order valence-electron chi connectivity index (χ4n) is 6.00. The standard InChI is InChI=1S/C14H17N3O2.C14H20N2O2.C11H22N2O2.C10H18N2O3.C9H16N2O4.C8H15ClN2O2.C8H14N2O4.C8H16N2O3/c1-14(2,3)19-13(18)17(5)16-12(15-4)11-9-7-6-8-10-11;1-11(12-9-7-6-8-10-12)15-16(5)13(17)18-14(2,3)4;1-10(2,3)8-12-13(7)9(14)15-11(4,5)6;1-7(8(2)13)11-12(6)9(14)15-10(3,4)5;1-9(2,3)15-8(13)11(4)10-6-7(12)14-5;1-6(9)10-11(5)7(12)13-8(2,3)4;1-8(2,3)14-7(12)10(4)9-5-13-6-11;1-8(2,3)13-7(11)10(4)9-6-12-5/h6-10H,1-3,5H3;6-10H,1-5H3;8H,1-7H3;1-6H3;6H,1-5H3;1-5H3;5-6H,1-4H3;6H,1-5H3. The van der Waals surface area contributed by atoms with Gasteiger partial charge in [0, 0.05) is 68.0 Å². The van der Waals surface area contributed by atoms with E-state index in [0.29, 0.717) is 5.56 Å². The van der Waals surface area contributed by atoms with Crippen molar-refractivity contribution in [2.75, 3.05) is 70.6 Å². The van der Waals surface area contributed by atoms with Gasteiger partial charge in [-0.25, -0.2) is 68.2 Å². The number of hydrogen-bond acceptors (Lipinski definition) is 30. The molecule has 40 heteroatoms. The Hall–Kier alpha value is -11.9. The number of carbonyl (C=O) groups excluding carboxylic acids is 11. The number of benzene rings is 2. The first-order valence-electron chi connectivity index (χ1n) is 37.4. The summed E-state index contributed by atoms with van der Waals surface area (Å²) in [4.78, 5) is 126. The van der Waals surface area contributed by atoms with Crippen LogP contribution in [0.4, 0.5) is 38.4 Å². The Morgan fingerprint density at radius 2 is 0.639 bits per heavy atom. The van der Waals surface area contributed by atoms with E-state index in [9.17, 15) is 52.7 Å². The van der Waals surface area contributed by atoms with Gasteiger partial charge in [-0.15, -0.1) is 15.2 Å². The highest BCUT2D eigenvalue weighted by Gasteiger charge is 2.27. The summed E-state index contributed by atoms with van der Waals surface area (Å²) in [5.41, 5.74) is -1.71. The van der Waals surface area contributed by atoms with Crippen LogP contribution in [-0.4, -0.2) is 270 Å². The molecule has 690 valence electrons. The van der Waals surface area contributed by atoms with E-state index in [2.05, 4.69) is 59.9 Å². The van der Waals surface area contributed by atoms with Gasteiger partial charge in [-0.05, 0) is 203 Å². The average Bonchev–Trinajstić information content (AvgIpc) is 0.876. The largest absolute Gasteiger partial charge is 0.485 e. The first-order valence-corrected chi connectivity index (χ1v) is 37.8. The highest BCUT2D eigenvalue weighted by molar-refractivity contribution is 6.64. The number of carbonyl (C=O) groups is 11. The van der Waals surface area contributed by atoms with Gasteiger partial charge in [0.2, 0.25) is 6.40 Å². The summed E-state index contributed by atoms with van der Waals surface area (Å²) in [7, 11) is 14.5. The molecule has 0 aliphatic rings. The fourth-order valence-corrected chi connectivity index (χ4v) is 6.11. The van der Waals surface area contributed by atoms with Crippen LogP contribution in [0.15, 0.2) is 101 Å². The number of ketones is 1. The van der Waals surface area contributed by atoms with Crippen LogP contribution < -0.4 is 0 Å². The highest BCUT2D eigenvalue weighted by atomic mass is 35.5. The van der Waals surface area contributed by atoms with Crippen molar-refractivity contribution in [2.24, 2.45) is 46.2 Å². The third-order valence-corrected chi connectivity index (χ3v) is 11.1. The summed E-state index contributed by atoms with van der Waals surface area (Å²) < 4.78 is 53.6. The average molecular weight is 1750 g/mol. The predicted molar refractivity (Wildman–Crippen MR) is 473 cm³/mol. The van der Waals surface area contributed by atoms with Crippen LogP contribution in [0.1, 0.15) is 226 Å². The molecule has 0 heterocycles. The number of ether oxygens (including phenoxy) is 11. The van der Waals surface area contributed by atoms with E-state index in [1.54, 1.807) is 171 Å². The number of methoxy groups -OCH3 is 2. The van der Waals surface area contributed by atoms with Crippen LogP contribution in [0.25, 0.3) is 4.85 Å². The topological polar surface area (TPSA) is 418 Å². The molecule has 8 amide bonds. The van der Waals surface area contributed by atoms with E-state index in [1.165, 1.54) is 73.4 Å². The predicted octanol–water partition coefficient (Wildman–Crippen LogP) is 17.0. The van der Waals surface area contributed by atoms with Crippen LogP contribution in [0.3, 0.4) is 0 Å². The zero-order chi connectivity index (χ0) is 97.1. The fraction of sp³-hybridized carbons (Fsp3) is 0.610. The van der Waals surface area contributed by atoms with E-state index in [0.717, 1.165) is 60.3 Å². The summed E-state index contributed by atoms with van der Waals surface area (Å²) >= 11 is 5.49. The van der Waals surface area contributed by atoms with Crippen molar-refractivity contribution in [2.45, 2.75) is 259 Å². The molecular formula is C82H138ClN17O22. The van der Waals surface area contributed by atoms with Crippen molar-refractivity contribution >= 4 is 126 Å². The Balaban J connectivity index is -0.000000316. The minimum atomic E-state index is -0.636. The molecule has 0 atom stereocenters. The number of hydrogen-bond donors (Lipinski definition) is 0. The molecule has 122 heavy (non-hydrogen) atoms. The van der Waals surface area contributed by atoms with Crippen molar-refractivity contribution in [3.63, 3.8) is 0 Å². The molecule has 2 rings (SSSR count). The lowest BCUT2D eigenvalue weighted by Crippen LogP contribution is -2.32. The number of nitrogens with zero attached hydrogens (tertiary/aromatic N) is 17. The molecule has 0 bridgehead atoms. The normalized spacial score (nSPS) is 11.9. The van der Waals surface area contributed by atoms with E-state index < -0.39 is 99.5 Å². The van der Waals surface area contributed by atoms with E-state index in [-0.39, 0.29) is 34.4 Å². The summed E-state index contributed by atoms with van der Waals surface area (Å²) in [6.07, 6.45) is 0.245. The molecule has 0 aromatic heterocycles. The van der Waals surface area contributed by atoms with Crippen molar-refractivity contribution < 1.29 is 105 Å². The monoisotopic (exact) mass is 1750 g/mol. The lowest BCUT2D eigenvalue weighted by molar-refractivity contribution is -0.132. The summed E-state index contributed by atoms with van der Waals surface area (Å²) in [5, 5.41) is 39.1. The maximum atomic E-state index is 11.7. The maximum Gasteiger partial charge on any atom is 0.447 e. The second kappa shape index (κ2) is 57.4. The second-order valence-corrected chi connectivity index (χ2v) is 34.7. The summed E-state index contributed by atoms with van der Waals surface area (Å²) in [6.45, 7) is 62.5. The number of Topliss-reactive ketones (excluding diaryl/α,β-unsaturated/α-hetero) is 1. The number of amidine groups is 1. The Labute approximate surface area is 727 Å². The molecule has 0 radical (unpaired) electrons. The molecule has 39 nitrogen and oxygen atoms in total. The number of halogens is 1. The van der Waals surface area contributed by atoms with Crippen molar-refractivity contribution in [3.05, 3.63) is 83.2 Å². The summed E-state index contributed by atoms with van der Waals surface area (Å²) in [6, 6.07) is 18.7. The van der Waals surface area contributed by atoms with E-state index in [1.807, 2.05) is 118 Å². The quantitative estimate of drug-likeness (QED) is 0.0304. The molecule has 2 aromatic rings. The first-order chi connectivity index (χ1) is 55.0. The maximum absolute atomic E-state index is 11.7. The molecule has 0 saturated heterocycles. The molecule has 0 fully saturated rings.